The number of aryl methyl sites for hydroxylation is 1. The highest BCUT2D eigenvalue weighted by Gasteiger charge is 2.13. The third kappa shape index (κ3) is 1.45. The molecule has 2 heteroatoms. The lowest BCUT2D eigenvalue weighted by atomic mass is 9.98. The minimum atomic E-state index is 0.464. The number of hydrogen-bond donors (Lipinski definition) is 1. The fourth-order valence-electron chi connectivity index (χ4n) is 1.92. The molecule has 74 valence electrons. The quantitative estimate of drug-likeness (QED) is 0.800. The lowest BCUT2D eigenvalue weighted by Crippen LogP contribution is -2.09. The molecular formula is C12H15NS. The zero-order chi connectivity index (χ0) is 10.1. The van der Waals surface area contributed by atoms with Crippen LogP contribution in [0.5, 0.6) is 0 Å². The highest BCUT2D eigenvalue weighted by atomic mass is 32.1. The van der Waals surface area contributed by atoms with Gasteiger partial charge in [-0.1, -0.05) is 25.1 Å². The SMILES string of the molecule is Cc1sc2ccccc2c1C(C)CN. The molecule has 0 spiro atoms. The van der Waals surface area contributed by atoms with Gasteiger partial charge in [0.25, 0.3) is 0 Å². The summed E-state index contributed by atoms with van der Waals surface area (Å²) in [4.78, 5) is 1.41. The second-order valence-electron chi connectivity index (χ2n) is 3.70. The number of rotatable bonds is 2. The molecule has 0 aliphatic rings. The third-order valence-electron chi connectivity index (χ3n) is 2.67. The van der Waals surface area contributed by atoms with E-state index in [0.717, 1.165) is 6.54 Å². The molecule has 0 bridgehead atoms. The summed E-state index contributed by atoms with van der Waals surface area (Å²) in [5.41, 5.74) is 7.17. The normalized spacial score (nSPS) is 13.4. The van der Waals surface area contributed by atoms with E-state index >= 15 is 0 Å². The van der Waals surface area contributed by atoms with Crippen molar-refractivity contribution in [1.29, 1.82) is 0 Å². The first-order valence-corrected chi connectivity index (χ1v) is 5.73. The maximum absolute atomic E-state index is 5.73. The second kappa shape index (κ2) is 3.71. The molecule has 0 fully saturated rings. The van der Waals surface area contributed by atoms with E-state index in [4.69, 9.17) is 5.73 Å². The Morgan fingerprint density at radius 1 is 1.36 bits per heavy atom. The molecular weight excluding hydrogens is 190 g/mol. The van der Waals surface area contributed by atoms with E-state index < -0.39 is 0 Å². The van der Waals surface area contributed by atoms with Gasteiger partial charge in [-0.25, -0.2) is 0 Å². The summed E-state index contributed by atoms with van der Waals surface area (Å²) in [6.45, 7) is 5.11. The van der Waals surface area contributed by atoms with Crippen LogP contribution in [-0.2, 0) is 0 Å². The average Bonchev–Trinajstić information content (AvgIpc) is 2.53. The van der Waals surface area contributed by atoms with E-state index in [1.807, 2.05) is 11.3 Å². The zero-order valence-electron chi connectivity index (χ0n) is 8.58. The molecule has 1 heterocycles. The van der Waals surface area contributed by atoms with Crippen LogP contribution in [0.1, 0.15) is 23.3 Å². The van der Waals surface area contributed by atoms with Crippen molar-refractivity contribution in [1.82, 2.24) is 0 Å². The van der Waals surface area contributed by atoms with Gasteiger partial charge in [0, 0.05) is 9.58 Å². The highest BCUT2D eigenvalue weighted by molar-refractivity contribution is 7.19. The van der Waals surface area contributed by atoms with Crippen LogP contribution < -0.4 is 5.73 Å². The van der Waals surface area contributed by atoms with Crippen molar-refractivity contribution in [2.24, 2.45) is 5.73 Å². The Kier molecular flexibility index (Phi) is 2.57. The van der Waals surface area contributed by atoms with E-state index in [2.05, 4.69) is 38.1 Å². The average molecular weight is 205 g/mol. The first kappa shape index (κ1) is 9.69. The topological polar surface area (TPSA) is 26.0 Å². The van der Waals surface area contributed by atoms with Crippen molar-refractivity contribution in [3.63, 3.8) is 0 Å². The number of hydrogen-bond acceptors (Lipinski definition) is 2. The van der Waals surface area contributed by atoms with Crippen molar-refractivity contribution in [3.8, 4) is 0 Å². The minimum Gasteiger partial charge on any atom is -0.330 e. The summed E-state index contributed by atoms with van der Waals surface area (Å²) in [7, 11) is 0. The van der Waals surface area contributed by atoms with Gasteiger partial charge in [0.05, 0.1) is 0 Å². The van der Waals surface area contributed by atoms with Crippen molar-refractivity contribution in [2.75, 3.05) is 6.54 Å². The van der Waals surface area contributed by atoms with Crippen LogP contribution in [0.2, 0.25) is 0 Å². The summed E-state index contributed by atoms with van der Waals surface area (Å²) in [5.74, 6) is 0.464. The molecule has 1 atom stereocenters. The molecule has 1 nitrogen and oxygen atoms in total. The fraction of sp³-hybridized carbons (Fsp3) is 0.333. The van der Waals surface area contributed by atoms with Crippen LogP contribution in [0.3, 0.4) is 0 Å². The highest BCUT2D eigenvalue weighted by Crippen LogP contribution is 2.34. The zero-order valence-corrected chi connectivity index (χ0v) is 9.40. The second-order valence-corrected chi connectivity index (χ2v) is 4.96. The molecule has 2 aromatic rings. The summed E-state index contributed by atoms with van der Waals surface area (Å²) in [6.07, 6.45) is 0. The molecule has 0 aliphatic heterocycles. The Hall–Kier alpha value is -0.860. The molecule has 1 unspecified atom stereocenters. The van der Waals surface area contributed by atoms with E-state index in [1.165, 1.54) is 20.5 Å². The summed E-state index contributed by atoms with van der Waals surface area (Å²) in [6, 6.07) is 8.57. The predicted octanol–water partition coefficient (Wildman–Crippen LogP) is 3.27. The van der Waals surface area contributed by atoms with Gasteiger partial charge in [0.1, 0.15) is 0 Å². The maximum atomic E-state index is 5.73. The van der Waals surface area contributed by atoms with Crippen LogP contribution >= 0.6 is 11.3 Å². The Morgan fingerprint density at radius 3 is 2.79 bits per heavy atom. The minimum absolute atomic E-state index is 0.464. The smallest absolute Gasteiger partial charge is 0.0348 e. The van der Waals surface area contributed by atoms with Crippen molar-refractivity contribution < 1.29 is 0 Å². The number of fused-ring (bicyclic) bond motifs is 1. The molecule has 2 rings (SSSR count). The third-order valence-corrected chi connectivity index (χ3v) is 3.77. The first-order valence-electron chi connectivity index (χ1n) is 4.92. The van der Waals surface area contributed by atoms with Gasteiger partial charge >= 0.3 is 0 Å². The van der Waals surface area contributed by atoms with E-state index in [-0.39, 0.29) is 0 Å². The lowest BCUT2D eigenvalue weighted by Gasteiger charge is -2.08. The molecule has 2 N–H and O–H groups in total. The van der Waals surface area contributed by atoms with Crippen LogP contribution in [0.25, 0.3) is 10.1 Å². The van der Waals surface area contributed by atoms with E-state index in [0.29, 0.717) is 5.92 Å². The molecule has 1 aromatic carbocycles. The monoisotopic (exact) mass is 205 g/mol. The molecule has 0 aliphatic carbocycles. The van der Waals surface area contributed by atoms with Crippen molar-refractivity contribution in [3.05, 3.63) is 34.7 Å². The molecule has 0 saturated heterocycles. The number of benzene rings is 1. The van der Waals surface area contributed by atoms with Crippen LogP contribution in [0, 0.1) is 6.92 Å². The van der Waals surface area contributed by atoms with Crippen LogP contribution in [0.4, 0.5) is 0 Å². The number of thiophene rings is 1. The Morgan fingerprint density at radius 2 is 2.07 bits per heavy atom. The Bertz CT molecular complexity index is 445. The van der Waals surface area contributed by atoms with Crippen molar-refractivity contribution >= 4 is 21.4 Å². The molecule has 14 heavy (non-hydrogen) atoms. The van der Waals surface area contributed by atoms with E-state index in [9.17, 15) is 0 Å². The molecule has 1 aromatic heterocycles. The molecule has 0 radical (unpaired) electrons. The summed E-state index contributed by atoms with van der Waals surface area (Å²) in [5, 5.41) is 1.38. The lowest BCUT2D eigenvalue weighted by molar-refractivity contribution is 0.779. The Balaban J connectivity index is 2.67. The fourth-order valence-corrected chi connectivity index (χ4v) is 3.10. The van der Waals surface area contributed by atoms with Crippen LogP contribution in [0.15, 0.2) is 24.3 Å². The largest absolute Gasteiger partial charge is 0.330 e. The van der Waals surface area contributed by atoms with Gasteiger partial charge in [-0.2, -0.15) is 0 Å². The van der Waals surface area contributed by atoms with E-state index in [1.54, 1.807) is 0 Å². The van der Waals surface area contributed by atoms with Gasteiger partial charge in [0.2, 0.25) is 0 Å². The maximum Gasteiger partial charge on any atom is 0.0348 e. The molecule has 0 saturated carbocycles. The Labute approximate surface area is 88.6 Å². The van der Waals surface area contributed by atoms with Gasteiger partial charge in [-0.3, -0.25) is 0 Å². The van der Waals surface area contributed by atoms with Crippen LogP contribution in [-0.4, -0.2) is 6.54 Å². The summed E-state index contributed by atoms with van der Waals surface area (Å²) >= 11 is 1.87. The first-order chi connectivity index (χ1) is 6.74. The standard InChI is InChI=1S/C12H15NS/c1-8(7-13)12-9(2)14-11-6-4-3-5-10(11)12/h3-6,8H,7,13H2,1-2H3. The van der Waals surface area contributed by atoms with Gasteiger partial charge in [-0.15, -0.1) is 11.3 Å². The van der Waals surface area contributed by atoms with Gasteiger partial charge in [-0.05, 0) is 36.4 Å². The summed E-state index contributed by atoms with van der Waals surface area (Å²) < 4.78 is 1.38. The van der Waals surface area contributed by atoms with Crippen molar-refractivity contribution in [2.45, 2.75) is 19.8 Å². The molecule has 0 amide bonds. The van der Waals surface area contributed by atoms with Gasteiger partial charge in [0.15, 0.2) is 0 Å². The predicted molar refractivity (Wildman–Crippen MR) is 64.0 cm³/mol. The number of nitrogens with two attached hydrogens (primary N) is 1. The van der Waals surface area contributed by atoms with Gasteiger partial charge < -0.3 is 5.73 Å².